The van der Waals surface area contributed by atoms with Crippen molar-refractivity contribution in [2.75, 3.05) is 0 Å². The van der Waals surface area contributed by atoms with Crippen molar-refractivity contribution in [3.63, 3.8) is 0 Å². The van der Waals surface area contributed by atoms with Crippen LogP contribution in [0.4, 0.5) is 4.39 Å². The Bertz CT molecular complexity index is 1240. The SMILES string of the molecule is NS(=O)(=O)c1ccc(-c2cnn(CC=C(Cl)Cl)c(=O)c2-c2ccc(F)cc2)cc1. The van der Waals surface area contributed by atoms with Crippen molar-refractivity contribution in [2.45, 2.75) is 11.4 Å². The molecular weight excluding hydrogens is 440 g/mol. The molecule has 0 saturated carbocycles. The Labute approximate surface area is 176 Å². The number of allylic oxidation sites excluding steroid dienone is 1. The normalized spacial score (nSPS) is 11.3. The summed E-state index contributed by atoms with van der Waals surface area (Å²) in [6.45, 7) is 0.0417. The Balaban J connectivity index is 2.21. The average molecular weight is 454 g/mol. The predicted molar refractivity (Wildman–Crippen MR) is 110 cm³/mol. The Morgan fingerprint density at radius 1 is 1.07 bits per heavy atom. The fraction of sp³-hybridized carbons (Fsp3) is 0.0526. The second kappa shape index (κ2) is 8.46. The van der Waals surface area contributed by atoms with Crippen LogP contribution < -0.4 is 10.7 Å². The summed E-state index contributed by atoms with van der Waals surface area (Å²) in [6, 6.07) is 11.1. The Morgan fingerprint density at radius 3 is 2.21 bits per heavy atom. The molecule has 0 radical (unpaired) electrons. The maximum atomic E-state index is 13.4. The monoisotopic (exact) mass is 453 g/mol. The van der Waals surface area contributed by atoms with Crippen LogP contribution in [-0.2, 0) is 16.6 Å². The average Bonchev–Trinajstić information content (AvgIpc) is 2.67. The maximum absolute atomic E-state index is 13.4. The van der Waals surface area contributed by atoms with Gasteiger partial charge in [0.05, 0.1) is 23.2 Å². The van der Waals surface area contributed by atoms with Crippen molar-refractivity contribution in [1.29, 1.82) is 0 Å². The molecule has 3 rings (SSSR count). The zero-order valence-corrected chi connectivity index (χ0v) is 17.0. The molecule has 0 unspecified atom stereocenters. The summed E-state index contributed by atoms with van der Waals surface area (Å²) in [5, 5.41) is 9.25. The largest absolute Gasteiger partial charge is 0.275 e. The highest BCUT2D eigenvalue weighted by atomic mass is 35.5. The van der Waals surface area contributed by atoms with E-state index >= 15 is 0 Å². The fourth-order valence-electron chi connectivity index (χ4n) is 2.71. The topological polar surface area (TPSA) is 95.1 Å². The van der Waals surface area contributed by atoms with Crippen molar-refractivity contribution in [3.05, 3.63) is 81.5 Å². The minimum Gasteiger partial charge on any atom is -0.267 e. The maximum Gasteiger partial charge on any atom is 0.275 e. The van der Waals surface area contributed by atoms with E-state index in [1.165, 1.54) is 60.8 Å². The minimum atomic E-state index is -3.85. The molecule has 29 heavy (non-hydrogen) atoms. The summed E-state index contributed by atoms with van der Waals surface area (Å²) in [5.74, 6) is -0.445. The van der Waals surface area contributed by atoms with Crippen LogP contribution in [-0.4, -0.2) is 18.2 Å². The van der Waals surface area contributed by atoms with Gasteiger partial charge >= 0.3 is 0 Å². The summed E-state index contributed by atoms with van der Waals surface area (Å²) in [4.78, 5) is 13.0. The first kappa shape index (κ1) is 21.2. The number of aromatic nitrogens is 2. The molecule has 6 nitrogen and oxygen atoms in total. The van der Waals surface area contributed by atoms with Crippen molar-refractivity contribution in [3.8, 4) is 22.3 Å². The molecule has 0 aliphatic rings. The van der Waals surface area contributed by atoms with Gasteiger partial charge in [0.25, 0.3) is 5.56 Å². The fourth-order valence-corrected chi connectivity index (χ4v) is 3.37. The molecule has 0 bridgehead atoms. The Hall–Kier alpha value is -2.52. The summed E-state index contributed by atoms with van der Waals surface area (Å²) >= 11 is 11.2. The number of primary sulfonamides is 1. The molecule has 0 spiro atoms. The van der Waals surface area contributed by atoms with Crippen LogP contribution in [0.2, 0.25) is 0 Å². The number of hydrogen-bond acceptors (Lipinski definition) is 4. The van der Waals surface area contributed by atoms with Gasteiger partial charge in [0, 0.05) is 5.56 Å². The van der Waals surface area contributed by atoms with E-state index in [1.807, 2.05) is 0 Å². The van der Waals surface area contributed by atoms with E-state index in [-0.39, 0.29) is 21.5 Å². The molecule has 0 aliphatic carbocycles. The molecule has 1 aromatic heterocycles. The molecule has 150 valence electrons. The van der Waals surface area contributed by atoms with Gasteiger partial charge in [0.15, 0.2) is 0 Å². The molecule has 10 heteroatoms. The zero-order chi connectivity index (χ0) is 21.2. The second-order valence-corrected chi connectivity index (χ2v) is 8.56. The van der Waals surface area contributed by atoms with Crippen molar-refractivity contribution in [2.24, 2.45) is 5.14 Å². The van der Waals surface area contributed by atoms with Gasteiger partial charge in [-0.05, 0) is 41.5 Å². The van der Waals surface area contributed by atoms with Crippen LogP contribution in [0.1, 0.15) is 0 Å². The lowest BCUT2D eigenvalue weighted by Gasteiger charge is -2.12. The van der Waals surface area contributed by atoms with Crippen LogP contribution in [0.15, 0.2) is 75.0 Å². The van der Waals surface area contributed by atoms with Crippen LogP contribution in [0.3, 0.4) is 0 Å². The quantitative estimate of drug-likeness (QED) is 0.636. The summed E-state index contributed by atoms with van der Waals surface area (Å²) < 4.78 is 37.5. The number of sulfonamides is 1. The molecule has 0 saturated heterocycles. The number of halogens is 3. The van der Waals surface area contributed by atoms with Crippen LogP contribution in [0.5, 0.6) is 0 Å². The molecule has 0 aliphatic heterocycles. The summed E-state index contributed by atoms with van der Waals surface area (Å²) in [5.41, 5.74) is 1.27. The first-order chi connectivity index (χ1) is 13.7. The number of nitrogens with zero attached hydrogens (tertiary/aromatic N) is 2. The summed E-state index contributed by atoms with van der Waals surface area (Å²) in [6.07, 6.45) is 2.87. The molecular formula is C19H14Cl2FN3O3S. The van der Waals surface area contributed by atoms with Gasteiger partial charge < -0.3 is 0 Å². The first-order valence-corrected chi connectivity index (χ1v) is 10.5. The van der Waals surface area contributed by atoms with E-state index in [2.05, 4.69) is 5.10 Å². The molecule has 2 N–H and O–H groups in total. The molecule has 0 amide bonds. The highest BCUT2D eigenvalue weighted by Crippen LogP contribution is 2.29. The third-order valence-corrected chi connectivity index (χ3v) is 5.33. The van der Waals surface area contributed by atoms with Crippen molar-refractivity contribution < 1.29 is 12.8 Å². The van der Waals surface area contributed by atoms with Crippen LogP contribution in [0.25, 0.3) is 22.3 Å². The van der Waals surface area contributed by atoms with E-state index in [0.29, 0.717) is 16.7 Å². The molecule has 1 heterocycles. The smallest absolute Gasteiger partial charge is 0.267 e. The summed E-state index contributed by atoms with van der Waals surface area (Å²) in [7, 11) is -3.85. The van der Waals surface area contributed by atoms with E-state index in [9.17, 15) is 17.6 Å². The van der Waals surface area contributed by atoms with E-state index in [4.69, 9.17) is 28.3 Å². The van der Waals surface area contributed by atoms with E-state index < -0.39 is 21.4 Å². The number of benzene rings is 2. The van der Waals surface area contributed by atoms with Gasteiger partial charge in [-0.25, -0.2) is 22.6 Å². The lowest BCUT2D eigenvalue weighted by Crippen LogP contribution is -2.24. The van der Waals surface area contributed by atoms with E-state index in [0.717, 1.165) is 4.68 Å². The molecule has 0 fully saturated rings. The van der Waals surface area contributed by atoms with Gasteiger partial charge in [-0.3, -0.25) is 4.79 Å². The minimum absolute atomic E-state index is 0.00955. The third-order valence-electron chi connectivity index (χ3n) is 4.09. The molecule has 2 aromatic carbocycles. The van der Waals surface area contributed by atoms with Gasteiger partial charge in [-0.2, -0.15) is 5.10 Å². The Morgan fingerprint density at radius 2 is 1.66 bits per heavy atom. The molecule has 3 aromatic rings. The van der Waals surface area contributed by atoms with Crippen LogP contribution in [0, 0.1) is 5.82 Å². The van der Waals surface area contributed by atoms with Crippen LogP contribution >= 0.6 is 23.2 Å². The highest BCUT2D eigenvalue weighted by molar-refractivity contribution is 7.89. The number of nitrogens with two attached hydrogens (primary N) is 1. The van der Waals surface area contributed by atoms with Crippen molar-refractivity contribution >= 4 is 33.2 Å². The highest BCUT2D eigenvalue weighted by Gasteiger charge is 2.16. The van der Waals surface area contributed by atoms with Gasteiger partial charge in [0.2, 0.25) is 10.0 Å². The predicted octanol–water partition coefficient (Wildman–Crippen LogP) is 3.68. The standard InChI is InChI=1S/C19H14Cl2FN3O3S/c20-17(21)9-10-25-19(26)18(13-1-5-14(22)6-2-13)16(11-24-25)12-3-7-15(8-4-12)29(23,27)28/h1-9,11H,10H2,(H2,23,27,28). The third kappa shape index (κ3) is 4.91. The van der Waals surface area contributed by atoms with Crippen molar-refractivity contribution in [1.82, 2.24) is 9.78 Å². The number of hydrogen-bond donors (Lipinski definition) is 1. The molecule has 0 atom stereocenters. The zero-order valence-electron chi connectivity index (χ0n) is 14.7. The lowest BCUT2D eigenvalue weighted by atomic mass is 9.97. The Kier molecular flexibility index (Phi) is 6.18. The lowest BCUT2D eigenvalue weighted by molar-refractivity contribution is 0.598. The van der Waals surface area contributed by atoms with Gasteiger partial charge in [-0.15, -0.1) is 0 Å². The first-order valence-electron chi connectivity index (χ1n) is 8.17. The number of rotatable bonds is 5. The second-order valence-electron chi connectivity index (χ2n) is 5.99. The van der Waals surface area contributed by atoms with E-state index in [1.54, 1.807) is 0 Å². The van der Waals surface area contributed by atoms with Gasteiger partial charge in [0.1, 0.15) is 10.3 Å². The van der Waals surface area contributed by atoms with Gasteiger partial charge in [-0.1, -0.05) is 47.5 Å².